The van der Waals surface area contributed by atoms with Crippen LogP contribution in [0.4, 0.5) is 13.2 Å². The summed E-state index contributed by atoms with van der Waals surface area (Å²) >= 11 is 0. The Morgan fingerprint density at radius 1 is 1.19 bits per heavy atom. The molecule has 0 aliphatic heterocycles. The molecule has 0 saturated heterocycles. The van der Waals surface area contributed by atoms with E-state index in [1.54, 1.807) is 25.4 Å². The van der Waals surface area contributed by atoms with Gasteiger partial charge in [0.15, 0.2) is 0 Å². The standard InChI is InChI=1S/C15H13F3N2O/c1-10(12-3-2-8-19-9-12)20-14(21)11-4-6-13(7-5-11)15(16,17)18/h2-10H,1H3,(H,20,21). The van der Waals surface area contributed by atoms with Gasteiger partial charge in [-0.1, -0.05) is 6.07 Å². The Morgan fingerprint density at radius 3 is 2.38 bits per heavy atom. The van der Waals surface area contributed by atoms with Crippen molar-refractivity contribution >= 4 is 5.91 Å². The first-order chi connectivity index (χ1) is 9.88. The minimum absolute atomic E-state index is 0.179. The second-order valence-corrected chi connectivity index (χ2v) is 4.56. The van der Waals surface area contributed by atoms with E-state index in [2.05, 4.69) is 10.3 Å². The predicted molar refractivity (Wildman–Crippen MR) is 71.6 cm³/mol. The SMILES string of the molecule is CC(NC(=O)c1ccc(C(F)(F)F)cc1)c1cccnc1. The second kappa shape index (κ2) is 5.95. The topological polar surface area (TPSA) is 42.0 Å². The van der Waals surface area contributed by atoms with Gasteiger partial charge in [0.2, 0.25) is 0 Å². The Balaban J connectivity index is 2.07. The number of carbonyl (C=O) groups is 1. The minimum atomic E-state index is -4.40. The molecule has 0 spiro atoms. The van der Waals surface area contributed by atoms with E-state index in [-0.39, 0.29) is 11.6 Å². The van der Waals surface area contributed by atoms with Crippen LogP contribution in [-0.2, 0) is 6.18 Å². The van der Waals surface area contributed by atoms with Crippen molar-refractivity contribution in [3.63, 3.8) is 0 Å². The van der Waals surface area contributed by atoms with Crippen LogP contribution in [-0.4, -0.2) is 10.9 Å². The van der Waals surface area contributed by atoms with Crippen molar-refractivity contribution < 1.29 is 18.0 Å². The molecular weight excluding hydrogens is 281 g/mol. The lowest BCUT2D eigenvalue weighted by atomic mass is 10.1. The molecule has 0 aliphatic rings. The Kier molecular flexibility index (Phi) is 4.26. The Morgan fingerprint density at radius 2 is 1.86 bits per heavy atom. The molecule has 0 bridgehead atoms. The molecule has 2 rings (SSSR count). The maximum atomic E-state index is 12.4. The summed E-state index contributed by atoms with van der Waals surface area (Å²) in [7, 11) is 0. The van der Waals surface area contributed by atoms with E-state index >= 15 is 0 Å². The number of halogens is 3. The van der Waals surface area contributed by atoms with Gasteiger partial charge in [-0.05, 0) is 42.8 Å². The van der Waals surface area contributed by atoms with E-state index in [4.69, 9.17) is 0 Å². The van der Waals surface area contributed by atoms with E-state index < -0.39 is 17.6 Å². The fourth-order valence-electron chi connectivity index (χ4n) is 1.81. The average molecular weight is 294 g/mol. The summed E-state index contributed by atoms with van der Waals surface area (Å²) in [5.74, 6) is -0.430. The molecular formula is C15H13F3N2O. The van der Waals surface area contributed by atoms with Crippen molar-refractivity contribution in [2.75, 3.05) is 0 Å². The Labute approximate surface area is 119 Å². The fraction of sp³-hybridized carbons (Fsp3) is 0.200. The smallest absolute Gasteiger partial charge is 0.345 e. The average Bonchev–Trinajstić information content (AvgIpc) is 2.47. The molecule has 2 aromatic rings. The van der Waals surface area contributed by atoms with Gasteiger partial charge < -0.3 is 5.32 Å². The first-order valence-corrected chi connectivity index (χ1v) is 6.26. The quantitative estimate of drug-likeness (QED) is 0.940. The third kappa shape index (κ3) is 3.81. The molecule has 1 heterocycles. The summed E-state index contributed by atoms with van der Waals surface area (Å²) in [6.07, 6.45) is -1.16. The van der Waals surface area contributed by atoms with Gasteiger partial charge in [-0.25, -0.2) is 0 Å². The van der Waals surface area contributed by atoms with Crippen LogP contribution in [0.1, 0.15) is 34.5 Å². The van der Waals surface area contributed by atoms with E-state index in [1.807, 2.05) is 6.07 Å². The molecule has 1 atom stereocenters. The van der Waals surface area contributed by atoms with Crippen molar-refractivity contribution in [3.8, 4) is 0 Å². The van der Waals surface area contributed by atoms with E-state index in [0.29, 0.717) is 0 Å². The van der Waals surface area contributed by atoms with Gasteiger partial charge in [-0.2, -0.15) is 13.2 Å². The summed E-state index contributed by atoms with van der Waals surface area (Å²) < 4.78 is 37.3. The highest BCUT2D eigenvalue weighted by atomic mass is 19.4. The normalized spacial score (nSPS) is 12.8. The molecule has 3 nitrogen and oxygen atoms in total. The molecule has 1 N–H and O–H groups in total. The molecule has 1 aromatic carbocycles. The van der Waals surface area contributed by atoms with Gasteiger partial charge in [0.05, 0.1) is 11.6 Å². The predicted octanol–water partition coefficient (Wildman–Crippen LogP) is 3.59. The lowest BCUT2D eigenvalue weighted by Gasteiger charge is -2.14. The number of rotatable bonds is 3. The lowest BCUT2D eigenvalue weighted by Crippen LogP contribution is -2.26. The van der Waals surface area contributed by atoms with Crippen LogP contribution < -0.4 is 5.32 Å². The van der Waals surface area contributed by atoms with Gasteiger partial charge in [-0.15, -0.1) is 0 Å². The third-order valence-corrected chi connectivity index (χ3v) is 3.01. The van der Waals surface area contributed by atoms with Gasteiger partial charge in [0, 0.05) is 18.0 Å². The van der Waals surface area contributed by atoms with Crippen LogP contribution in [0.25, 0.3) is 0 Å². The van der Waals surface area contributed by atoms with Crippen LogP contribution in [0.3, 0.4) is 0 Å². The summed E-state index contributed by atoms with van der Waals surface area (Å²) in [5, 5.41) is 2.71. The maximum Gasteiger partial charge on any atom is 0.416 e. The van der Waals surface area contributed by atoms with E-state index in [1.165, 1.54) is 0 Å². The van der Waals surface area contributed by atoms with Gasteiger partial charge >= 0.3 is 6.18 Å². The molecule has 1 aromatic heterocycles. The van der Waals surface area contributed by atoms with Gasteiger partial charge in [-0.3, -0.25) is 9.78 Å². The van der Waals surface area contributed by atoms with Gasteiger partial charge in [0.1, 0.15) is 0 Å². The number of benzene rings is 1. The Bertz CT molecular complexity index is 609. The molecule has 0 saturated carbocycles. The maximum absolute atomic E-state index is 12.4. The Hall–Kier alpha value is -2.37. The summed E-state index contributed by atoms with van der Waals surface area (Å²) in [4.78, 5) is 15.9. The molecule has 1 amide bonds. The van der Waals surface area contributed by atoms with Crippen LogP contribution in [0, 0.1) is 0 Å². The van der Waals surface area contributed by atoms with Crippen molar-refractivity contribution in [2.24, 2.45) is 0 Å². The number of hydrogen-bond acceptors (Lipinski definition) is 2. The largest absolute Gasteiger partial charge is 0.416 e. The number of carbonyl (C=O) groups excluding carboxylic acids is 1. The first kappa shape index (κ1) is 15.0. The fourth-order valence-corrected chi connectivity index (χ4v) is 1.81. The second-order valence-electron chi connectivity index (χ2n) is 4.56. The monoisotopic (exact) mass is 294 g/mol. The number of alkyl halides is 3. The zero-order valence-electron chi connectivity index (χ0n) is 11.2. The van der Waals surface area contributed by atoms with Gasteiger partial charge in [0.25, 0.3) is 5.91 Å². The highest BCUT2D eigenvalue weighted by Crippen LogP contribution is 2.29. The first-order valence-electron chi connectivity index (χ1n) is 6.26. The highest BCUT2D eigenvalue weighted by Gasteiger charge is 2.30. The van der Waals surface area contributed by atoms with Crippen molar-refractivity contribution in [3.05, 3.63) is 65.5 Å². The third-order valence-electron chi connectivity index (χ3n) is 3.01. The molecule has 0 radical (unpaired) electrons. The zero-order chi connectivity index (χ0) is 15.5. The van der Waals surface area contributed by atoms with Crippen LogP contribution in [0.15, 0.2) is 48.8 Å². The van der Waals surface area contributed by atoms with Crippen LogP contribution >= 0.6 is 0 Å². The summed E-state index contributed by atoms with van der Waals surface area (Å²) in [6, 6.07) is 7.38. The van der Waals surface area contributed by atoms with Crippen LogP contribution in [0.2, 0.25) is 0 Å². The number of amides is 1. The number of nitrogens with one attached hydrogen (secondary N) is 1. The summed E-state index contributed by atoms with van der Waals surface area (Å²) in [6.45, 7) is 1.78. The molecule has 110 valence electrons. The molecule has 6 heteroatoms. The molecule has 1 unspecified atom stereocenters. The number of aromatic nitrogens is 1. The highest BCUT2D eigenvalue weighted by molar-refractivity contribution is 5.94. The van der Waals surface area contributed by atoms with Crippen molar-refractivity contribution in [2.45, 2.75) is 19.1 Å². The minimum Gasteiger partial charge on any atom is -0.345 e. The van der Waals surface area contributed by atoms with Crippen LogP contribution in [0.5, 0.6) is 0 Å². The lowest BCUT2D eigenvalue weighted by molar-refractivity contribution is -0.137. The molecule has 0 aliphatic carbocycles. The summed E-state index contributed by atoms with van der Waals surface area (Å²) in [5.41, 5.74) is 0.218. The molecule has 0 fully saturated rings. The van der Waals surface area contributed by atoms with Crippen molar-refractivity contribution in [1.82, 2.24) is 10.3 Å². The van der Waals surface area contributed by atoms with E-state index in [0.717, 1.165) is 29.8 Å². The van der Waals surface area contributed by atoms with E-state index in [9.17, 15) is 18.0 Å². The number of pyridine rings is 1. The molecule has 21 heavy (non-hydrogen) atoms. The van der Waals surface area contributed by atoms with Crippen molar-refractivity contribution in [1.29, 1.82) is 0 Å². The zero-order valence-corrected chi connectivity index (χ0v) is 11.2. The number of hydrogen-bond donors (Lipinski definition) is 1. The number of nitrogens with zero attached hydrogens (tertiary/aromatic N) is 1.